The van der Waals surface area contributed by atoms with Gasteiger partial charge in [0.15, 0.2) is 5.78 Å². The van der Waals surface area contributed by atoms with Crippen molar-refractivity contribution in [1.82, 2.24) is 24.7 Å². The van der Waals surface area contributed by atoms with Gasteiger partial charge in [0, 0.05) is 36.7 Å². The second-order valence-corrected chi connectivity index (χ2v) is 8.01. The molecular formula is C22H25N5O3. The van der Waals surface area contributed by atoms with Crippen LogP contribution in [0.15, 0.2) is 31.1 Å². The fraction of sp³-hybridized carbons (Fsp3) is 0.364. The number of rotatable bonds is 6. The third-order valence-corrected chi connectivity index (χ3v) is 4.25. The minimum atomic E-state index is -0.621. The van der Waals surface area contributed by atoms with E-state index in [4.69, 9.17) is 9.72 Å². The van der Waals surface area contributed by atoms with E-state index in [0.717, 1.165) is 5.56 Å². The van der Waals surface area contributed by atoms with Crippen LogP contribution in [0.1, 0.15) is 49.7 Å². The summed E-state index contributed by atoms with van der Waals surface area (Å²) >= 11 is 0. The Bertz CT molecular complexity index is 1120. The van der Waals surface area contributed by atoms with E-state index in [-0.39, 0.29) is 18.0 Å². The molecular weight excluding hydrogens is 382 g/mol. The zero-order valence-corrected chi connectivity index (χ0v) is 17.9. The minimum absolute atomic E-state index is 0.125. The maximum atomic E-state index is 12.4. The number of fused-ring (bicyclic) bond motifs is 1. The monoisotopic (exact) mass is 407 g/mol. The number of hydrogen-bond acceptors (Lipinski definition) is 7. The van der Waals surface area contributed by atoms with Crippen LogP contribution in [0, 0.1) is 6.92 Å². The average molecular weight is 407 g/mol. The van der Waals surface area contributed by atoms with Crippen LogP contribution < -0.4 is 0 Å². The van der Waals surface area contributed by atoms with Crippen LogP contribution in [0.5, 0.6) is 0 Å². The number of carbonyl (C=O) groups excluding carboxylic acids is 2. The molecule has 0 aliphatic carbocycles. The van der Waals surface area contributed by atoms with Crippen LogP contribution in [0.2, 0.25) is 0 Å². The van der Waals surface area contributed by atoms with E-state index in [1.807, 2.05) is 0 Å². The summed E-state index contributed by atoms with van der Waals surface area (Å²) < 4.78 is 6.91. The predicted molar refractivity (Wildman–Crippen MR) is 113 cm³/mol. The topological polar surface area (TPSA) is 99.9 Å². The Morgan fingerprint density at radius 2 is 1.90 bits per heavy atom. The van der Waals surface area contributed by atoms with Crippen molar-refractivity contribution < 1.29 is 14.3 Å². The van der Waals surface area contributed by atoms with E-state index in [9.17, 15) is 9.59 Å². The van der Waals surface area contributed by atoms with Gasteiger partial charge in [-0.1, -0.05) is 6.08 Å². The predicted octanol–water partition coefficient (Wildman–Crippen LogP) is 3.47. The Morgan fingerprint density at radius 1 is 1.23 bits per heavy atom. The first-order chi connectivity index (χ1) is 14.1. The van der Waals surface area contributed by atoms with Gasteiger partial charge in [0.25, 0.3) is 0 Å². The SMILES string of the molecule is C=CCc1nc(-c2cnc(C)nc2)cc2c(C(C)=O)nn(CC(=O)OC(C)(C)C)c12. The van der Waals surface area contributed by atoms with Gasteiger partial charge in [0.1, 0.15) is 23.7 Å². The second kappa shape index (κ2) is 8.14. The third-order valence-electron chi connectivity index (χ3n) is 4.25. The molecule has 0 amide bonds. The maximum Gasteiger partial charge on any atom is 0.328 e. The first-order valence-electron chi connectivity index (χ1n) is 9.62. The summed E-state index contributed by atoms with van der Waals surface area (Å²) in [6.45, 7) is 12.3. The molecule has 3 heterocycles. The normalized spacial score (nSPS) is 11.5. The number of ketones is 1. The Balaban J connectivity index is 2.19. The molecule has 3 aromatic rings. The lowest BCUT2D eigenvalue weighted by Crippen LogP contribution is -2.27. The molecule has 3 aromatic heterocycles. The van der Waals surface area contributed by atoms with Crippen LogP contribution in [0.4, 0.5) is 0 Å². The number of pyridine rings is 1. The van der Waals surface area contributed by atoms with Gasteiger partial charge in [0.05, 0.1) is 16.9 Å². The Hall–Kier alpha value is -3.42. The maximum absolute atomic E-state index is 12.4. The van der Waals surface area contributed by atoms with E-state index < -0.39 is 11.6 Å². The molecule has 8 heteroatoms. The molecule has 156 valence electrons. The van der Waals surface area contributed by atoms with Crippen molar-refractivity contribution in [3.05, 3.63) is 48.3 Å². The van der Waals surface area contributed by atoms with E-state index in [1.54, 1.807) is 52.2 Å². The van der Waals surface area contributed by atoms with Crippen LogP contribution in [-0.2, 0) is 22.5 Å². The Labute approximate surface area is 175 Å². The van der Waals surface area contributed by atoms with Gasteiger partial charge in [-0.25, -0.2) is 9.97 Å². The van der Waals surface area contributed by atoms with E-state index in [0.29, 0.717) is 34.5 Å². The molecule has 0 spiro atoms. The fourth-order valence-electron chi connectivity index (χ4n) is 3.11. The van der Waals surface area contributed by atoms with Gasteiger partial charge < -0.3 is 4.74 Å². The molecule has 0 aliphatic rings. The fourth-order valence-corrected chi connectivity index (χ4v) is 3.11. The summed E-state index contributed by atoms with van der Waals surface area (Å²) in [5.41, 5.74) is 2.27. The average Bonchev–Trinajstić information content (AvgIpc) is 2.99. The number of ether oxygens (including phenoxy) is 1. The molecule has 0 saturated heterocycles. The summed E-state index contributed by atoms with van der Waals surface area (Å²) in [5.74, 6) is 0.00751. The summed E-state index contributed by atoms with van der Waals surface area (Å²) in [7, 11) is 0. The first kappa shape index (κ1) is 21.3. The van der Waals surface area contributed by atoms with Gasteiger partial charge in [0.2, 0.25) is 0 Å². The van der Waals surface area contributed by atoms with Crippen LogP contribution in [0.25, 0.3) is 22.2 Å². The number of carbonyl (C=O) groups is 2. The molecule has 0 aromatic carbocycles. The molecule has 0 saturated carbocycles. The summed E-state index contributed by atoms with van der Waals surface area (Å²) in [4.78, 5) is 37.9. The number of aryl methyl sites for hydroxylation is 1. The number of Topliss-reactive ketones (excluding diaryl/α,β-unsaturated/α-hetero) is 1. The van der Waals surface area contributed by atoms with Gasteiger partial charge in [-0.3, -0.25) is 19.3 Å². The Morgan fingerprint density at radius 3 is 2.47 bits per heavy atom. The second-order valence-electron chi connectivity index (χ2n) is 8.01. The van der Waals surface area contributed by atoms with Crippen molar-refractivity contribution in [3.8, 4) is 11.3 Å². The molecule has 3 rings (SSSR count). The third kappa shape index (κ3) is 4.59. The first-order valence-corrected chi connectivity index (χ1v) is 9.62. The highest BCUT2D eigenvalue weighted by molar-refractivity contribution is 6.06. The molecule has 8 nitrogen and oxygen atoms in total. The molecule has 0 unspecified atom stereocenters. The highest BCUT2D eigenvalue weighted by Gasteiger charge is 2.23. The summed E-state index contributed by atoms with van der Waals surface area (Å²) in [5, 5.41) is 5.03. The molecule has 0 fully saturated rings. The largest absolute Gasteiger partial charge is 0.459 e. The molecule has 0 aliphatic heterocycles. The van der Waals surface area contributed by atoms with Crippen molar-refractivity contribution in [2.75, 3.05) is 0 Å². The Kier molecular flexibility index (Phi) is 5.78. The highest BCUT2D eigenvalue weighted by atomic mass is 16.6. The van der Waals surface area contributed by atoms with E-state index in [1.165, 1.54) is 11.6 Å². The lowest BCUT2D eigenvalue weighted by Gasteiger charge is -2.19. The highest BCUT2D eigenvalue weighted by Crippen LogP contribution is 2.28. The molecule has 0 N–H and O–H groups in total. The van der Waals surface area contributed by atoms with Gasteiger partial charge in [-0.15, -0.1) is 6.58 Å². The minimum Gasteiger partial charge on any atom is -0.459 e. The van der Waals surface area contributed by atoms with Gasteiger partial charge >= 0.3 is 5.97 Å². The summed E-state index contributed by atoms with van der Waals surface area (Å²) in [6, 6.07) is 1.78. The zero-order valence-electron chi connectivity index (χ0n) is 17.9. The van der Waals surface area contributed by atoms with Crippen molar-refractivity contribution >= 4 is 22.7 Å². The standard InChI is InChI=1S/C22H25N5O3/c1-7-8-17-21-16(9-18(25-17)15-10-23-14(3)24-11-15)20(13(2)28)26-27(21)12-19(29)30-22(4,5)6/h7,9-11H,1,8,12H2,2-6H3. The molecule has 0 bridgehead atoms. The number of aromatic nitrogens is 5. The quantitative estimate of drug-likeness (QED) is 0.350. The van der Waals surface area contributed by atoms with Crippen LogP contribution >= 0.6 is 0 Å². The van der Waals surface area contributed by atoms with E-state index >= 15 is 0 Å². The van der Waals surface area contributed by atoms with Crippen LogP contribution in [-0.4, -0.2) is 42.1 Å². The number of hydrogen-bond donors (Lipinski definition) is 0. The van der Waals surface area contributed by atoms with Gasteiger partial charge in [-0.2, -0.15) is 5.10 Å². The molecule has 0 atom stereocenters. The molecule has 30 heavy (non-hydrogen) atoms. The van der Waals surface area contributed by atoms with E-state index in [2.05, 4.69) is 21.6 Å². The summed E-state index contributed by atoms with van der Waals surface area (Å²) in [6.07, 6.45) is 5.53. The number of nitrogens with zero attached hydrogens (tertiary/aromatic N) is 5. The van der Waals surface area contributed by atoms with Crippen molar-refractivity contribution in [2.24, 2.45) is 0 Å². The lowest BCUT2D eigenvalue weighted by molar-refractivity contribution is -0.155. The smallest absolute Gasteiger partial charge is 0.328 e. The lowest BCUT2D eigenvalue weighted by atomic mass is 10.1. The van der Waals surface area contributed by atoms with Crippen molar-refractivity contribution in [2.45, 2.75) is 53.2 Å². The molecule has 0 radical (unpaired) electrons. The number of allylic oxidation sites excluding steroid dienone is 1. The van der Waals surface area contributed by atoms with Crippen molar-refractivity contribution in [1.29, 1.82) is 0 Å². The van der Waals surface area contributed by atoms with Crippen LogP contribution in [0.3, 0.4) is 0 Å². The zero-order chi connectivity index (χ0) is 22.1. The number of esters is 1. The van der Waals surface area contributed by atoms with Gasteiger partial charge in [-0.05, 0) is 33.8 Å². The van der Waals surface area contributed by atoms with Crippen molar-refractivity contribution in [3.63, 3.8) is 0 Å².